The molecule has 1 aromatic carbocycles. The minimum absolute atomic E-state index is 0.0515. The third-order valence-electron chi connectivity index (χ3n) is 2.32. The molecule has 5 heteroatoms. The lowest BCUT2D eigenvalue weighted by atomic mass is 10.1. The van der Waals surface area contributed by atoms with Gasteiger partial charge in [0.15, 0.2) is 0 Å². The lowest BCUT2D eigenvalue weighted by Gasteiger charge is -2.25. The Morgan fingerprint density at radius 1 is 1.35 bits per heavy atom. The van der Waals surface area contributed by atoms with E-state index >= 15 is 0 Å². The number of benzene rings is 1. The van der Waals surface area contributed by atoms with Gasteiger partial charge in [-0.05, 0) is 24.6 Å². The first-order valence-electron chi connectivity index (χ1n) is 5.13. The number of carboxylic acid groups (broad SMARTS) is 1. The number of carbonyl (C=O) groups is 1. The number of aliphatic carboxylic acids is 1. The van der Waals surface area contributed by atoms with Gasteiger partial charge in [0.25, 0.3) is 0 Å². The van der Waals surface area contributed by atoms with Crippen molar-refractivity contribution in [1.82, 2.24) is 0 Å². The summed E-state index contributed by atoms with van der Waals surface area (Å²) in [7, 11) is 1.42. The summed E-state index contributed by atoms with van der Waals surface area (Å²) in [5.74, 6) is -0.672. The molecule has 0 bridgehead atoms. The molecule has 0 heterocycles. The van der Waals surface area contributed by atoms with Gasteiger partial charge in [0, 0.05) is 7.11 Å². The minimum atomic E-state index is -1.42. The summed E-state index contributed by atoms with van der Waals surface area (Å²) >= 11 is 0. The summed E-state index contributed by atoms with van der Waals surface area (Å²) < 4.78 is 10.2. The number of hydrogen-bond donors (Lipinski definition) is 2. The predicted molar refractivity (Wildman–Crippen MR) is 60.9 cm³/mol. The monoisotopic (exact) mass is 240 g/mol. The van der Waals surface area contributed by atoms with Crippen LogP contribution in [-0.4, -0.2) is 35.5 Å². The molecule has 0 aliphatic heterocycles. The SMILES string of the molecule is COCC(C)(Oc1ccc(CO)cc1)C(=O)O. The summed E-state index contributed by atoms with van der Waals surface area (Å²) in [6.45, 7) is 1.33. The van der Waals surface area contributed by atoms with E-state index in [-0.39, 0.29) is 13.2 Å². The summed E-state index contributed by atoms with van der Waals surface area (Å²) in [4.78, 5) is 11.1. The molecule has 1 aromatic rings. The largest absolute Gasteiger partial charge is 0.478 e. The van der Waals surface area contributed by atoms with E-state index in [0.717, 1.165) is 5.56 Å². The van der Waals surface area contributed by atoms with Crippen LogP contribution < -0.4 is 4.74 Å². The fourth-order valence-corrected chi connectivity index (χ4v) is 1.33. The first-order chi connectivity index (χ1) is 8.01. The van der Waals surface area contributed by atoms with Crippen LogP contribution in [0.25, 0.3) is 0 Å². The van der Waals surface area contributed by atoms with Crippen molar-refractivity contribution in [2.24, 2.45) is 0 Å². The molecule has 0 amide bonds. The topological polar surface area (TPSA) is 76.0 Å². The predicted octanol–water partition coefficient (Wildman–Crippen LogP) is 1.05. The zero-order valence-corrected chi connectivity index (χ0v) is 9.84. The molecule has 17 heavy (non-hydrogen) atoms. The van der Waals surface area contributed by atoms with E-state index in [1.54, 1.807) is 24.3 Å². The second-order valence-electron chi connectivity index (χ2n) is 3.87. The van der Waals surface area contributed by atoms with Crippen LogP contribution in [0.2, 0.25) is 0 Å². The molecule has 1 atom stereocenters. The van der Waals surface area contributed by atoms with Crippen molar-refractivity contribution in [1.29, 1.82) is 0 Å². The molecule has 0 spiro atoms. The van der Waals surface area contributed by atoms with Gasteiger partial charge in [-0.3, -0.25) is 0 Å². The van der Waals surface area contributed by atoms with Crippen LogP contribution in [0.5, 0.6) is 5.75 Å². The minimum Gasteiger partial charge on any atom is -0.478 e. The van der Waals surface area contributed by atoms with Crippen molar-refractivity contribution in [3.8, 4) is 5.75 Å². The number of rotatable bonds is 6. The normalized spacial score (nSPS) is 14.1. The van der Waals surface area contributed by atoms with Gasteiger partial charge in [0.05, 0.1) is 13.2 Å². The van der Waals surface area contributed by atoms with Crippen molar-refractivity contribution >= 4 is 5.97 Å². The Balaban J connectivity index is 2.82. The van der Waals surface area contributed by atoms with Crippen LogP contribution in [0.4, 0.5) is 0 Å². The van der Waals surface area contributed by atoms with Gasteiger partial charge in [-0.1, -0.05) is 12.1 Å². The van der Waals surface area contributed by atoms with Crippen molar-refractivity contribution < 1.29 is 24.5 Å². The molecule has 0 saturated heterocycles. The second kappa shape index (κ2) is 5.65. The molecule has 2 N–H and O–H groups in total. The van der Waals surface area contributed by atoms with Gasteiger partial charge in [-0.15, -0.1) is 0 Å². The standard InChI is InChI=1S/C12H16O5/c1-12(8-16-2,11(14)15)17-10-5-3-9(7-13)4-6-10/h3-6,13H,7-8H2,1-2H3,(H,14,15). The zero-order chi connectivity index (χ0) is 12.9. The maximum atomic E-state index is 11.1. The molecule has 0 aromatic heterocycles. The Morgan fingerprint density at radius 3 is 2.35 bits per heavy atom. The molecular weight excluding hydrogens is 224 g/mol. The van der Waals surface area contributed by atoms with Gasteiger partial charge in [0.2, 0.25) is 5.60 Å². The molecule has 0 aliphatic rings. The number of carboxylic acids is 1. The van der Waals surface area contributed by atoms with E-state index < -0.39 is 11.6 Å². The van der Waals surface area contributed by atoms with E-state index in [9.17, 15) is 4.79 Å². The number of aliphatic hydroxyl groups excluding tert-OH is 1. The highest BCUT2D eigenvalue weighted by molar-refractivity contribution is 5.77. The first-order valence-corrected chi connectivity index (χ1v) is 5.13. The molecule has 94 valence electrons. The van der Waals surface area contributed by atoms with Crippen molar-refractivity contribution in [3.05, 3.63) is 29.8 Å². The van der Waals surface area contributed by atoms with Crippen LogP contribution in [0.15, 0.2) is 24.3 Å². The molecule has 0 saturated carbocycles. The van der Waals surface area contributed by atoms with Crippen LogP contribution in [-0.2, 0) is 16.1 Å². The number of aliphatic hydroxyl groups is 1. The number of hydrogen-bond acceptors (Lipinski definition) is 4. The quantitative estimate of drug-likeness (QED) is 0.777. The average Bonchev–Trinajstić information content (AvgIpc) is 2.30. The van der Waals surface area contributed by atoms with Crippen LogP contribution in [0.3, 0.4) is 0 Å². The summed E-state index contributed by atoms with van der Waals surface area (Å²) in [6, 6.07) is 6.57. The first kappa shape index (κ1) is 13.5. The van der Waals surface area contributed by atoms with Crippen LogP contribution in [0, 0.1) is 0 Å². The smallest absolute Gasteiger partial charge is 0.350 e. The third-order valence-corrected chi connectivity index (χ3v) is 2.32. The Hall–Kier alpha value is -1.59. The summed E-state index contributed by atoms with van der Waals surface area (Å²) in [5, 5.41) is 18.0. The van der Waals surface area contributed by atoms with Crippen molar-refractivity contribution in [2.45, 2.75) is 19.1 Å². The van der Waals surface area contributed by atoms with E-state index in [0.29, 0.717) is 5.75 Å². The number of methoxy groups -OCH3 is 1. The van der Waals surface area contributed by atoms with Gasteiger partial charge < -0.3 is 19.7 Å². The molecule has 5 nitrogen and oxygen atoms in total. The summed E-state index contributed by atoms with van der Waals surface area (Å²) in [6.07, 6.45) is 0. The fourth-order valence-electron chi connectivity index (χ4n) is 1.33. The van der Waals surface area contributed by atoms with Gasteiger partial charge in [-0.25, -0.2) is 4.79 Å². The maximum Gasteiger partial charge on any atom is 0.350 e. The molecule has 0 radical (unpaired) electrons. The zero-order valence-electron chi connectivity index (χ0n) is 9.84. The van der Waals surface area contributed by atoms with Crippen LogP contribution >= 0.6 is 0 Å². The Morgan fingerprint density at radius 2 is 1.94 bits per heavy atom. The van der Waals surface area contributed by atoms with E-state index in [1.807, 2.05) is 0 Å². The lowest BCUT2D eigenvalue weighted by molar-refractivity contribution is -0.158. The highest BCUT2D eigenvalue weighted by atomic mass is 16.6. The van der Waals surface area contributed by atoms with Gasteiger partial charge in [-0.2, -0.15) is 0 Å². The third kappa shape index (κ3) is 3.44. The van der Waals surface area contributed by atoms with E-state index in [2.05, 4.69) is 0 Å². The molecule has 0 fully saturated rings. The molecule has 1 rings (SSSR count). The Labute approximate surface area is 99.6 Å². The summed E-state index contributed by atoms with van der Waals surface area (Å²) in [5.41, 5.74) is -0.684. The molecule has 1 unspecified atom stereocenters. The molecular formula is C12H16O5. The van der Waals surface area contributed by atoms with Gasteiger partial charge >= 0.3 is 5.97 Å². The maximum absolute atomic E-state index is 11.1. The average molecular weight is 240 g/mol. The lowest BCUT2D eigenvalue weighted by Crippen LogP contribution is -2.45. The molecule has 0 aliphatic carbocycles. The van der Waals surface area contributed by atoms with Crippen LogP contribution in [0.1, 0.15) is 12.5 Å². The fraction of sp³-hybridized carbons (Fsp3) is 0.417. The Kier molecular flexibility index (Phi) is 4.48. The van der Waals surface area contributed by atoms with Crippen molar-refractivity contribution in [2.75, 3.05) is 13.7 Å². The highest BCUT2D eigenvalue weighted by Crippen LogP contribution is 2.20. The van der Waals surface area contributed by atoms with Crippen molar-refractivity contribution in [3.63, 3.8) is 0 Å². The van der Waals surface area contributed by atoms with E-state index in [4.69, 9.17) is 19.7 Å². The highest BCUT2D eigenvalue weighted by Gasteiger charge is 2.35. The second-order valence-corrected chi connectivity index (χ2v) is 3.87. The van der Waals surface area contributed by atoms with E-state index in [1.165, 1.54) is 14.0 Å². The Bertz CT molecular complexity index is 373. The van der Waals surface area contributed by atoms with Gasteiger partial charge in [0.1, 0.15) is 5.75 Å². The number of ether oxygens (including phenoxy) is 2.